The number of likely N-dealkylation sites (N-methyl/N-ethyl adjacent to an activating group) is 2. The highest BCUT2D eigenvalue weighted by molar-refractivity contribution is 5.86. The van der Waals surface area contributed by atoms with Crippen LogP contribution in [0.1, 0.15) is 163 Å². The van der Waals surface area contributed by atoms with Crippen LogP contribution in [0.25, 0.3) is 0 Å². The topological polar surface area (TPSA) is 246 Å². The normalized spacial score (nSPS) is 12.2. The second-order valence-electron chi connectivity index (χ2n) is 20.3. The third kappa shape index (κ3) is 65.2. The van der Waals surface area contributed by atoms with Gasteiger partial charge in [-0.1, -0.05) is 111 Å². The Hall–Kier alpha value is -2.74. The standard InChI is InChI=1S/C12H22O3.C11H21NO3.C9H19NO.C8H20N2O2.C8H17NO.C6H16N2/c1-8(2)7-10(12(14)15)5-6-11(13)9(3)4;1-7(2)11(15)9(12-8(3)4)5-6-10(13)14;1-6(2)9(11)8(5)10-7(3)4;1-9-3-5-11-7-8-12-6-4-10-2;1-6(2)8(10)5-9-7(3)4;1-7-5-3-4-6-8-2/h8-10H,5-7H2,1-4H3,(H,14,15);7-9,12H,5-6H2,1-4H3,(H,13,14);6-8,10H,1-5H3;9-10H,3-8H2,1-2H3;6-7,9H,5H2,1-4H3;7-8H,3-6H2,1-2H3/t10-;9-;8-;;;/m100.../s1. The van der Waals surface area contributed by atoms with Crippen LogP contribution in [0, 0.1) is 35.5 Å². The van der Waals surface area contributed by atoms with E-state index in [0.29, 0.717) is 69.2 Å². The van der Waals surface area contributed by atoms with Gasteiger partial charge in [0.05, 0.1) is 51.0 Å². The number of hydrogen-bond donors (Lipinski definition) is 9. The number of carboxylic acid groups (broad SMARTS) is 2. The van der Waals surface area contributed by atoms with Crippen molar-refractivity contribution in [3.63, 3.8) is 0 Å². The molecule has 0 amide bonds. The lowest BCUT2D eigenvalue weighted by Gasteiger charge is -2.21. The molecule has 0 aliphatic carbocycles. The SMILES string of the molecule is CC(C)C[C@@H](CCC(=O)C(C)C)C(=O)O.CC(C)NCC(=O)C(C)C.CC(C)N[C@@H](C)C(=O)C(C)C.CC(C)N[C@@H](CCC(=O)O)C(=O)C(C)C.CNCCCCNC.CNCCOCCOCCNC. The first kappa shape index (κ1) is 79.7. The summed E-state index contributed by atoms with van der Waals surface area (Å²) in [5.41, 5.74) is 0. The van der Waals surface area contributed by atoms with E-state index in [2.05, 4.69) is 37.2 Å². The van der Waals surface area contributed by atoms with Crippen LogP contribution < -0.4 is 37.2 Å². The van der Waals surface area contributed by atoms with E-state index in [-0.39, 0.29) is 71.5 Å². The van der Waals surface area contributed by atoms with Crippen molar-refractivity contribution in [1.29, 1.82) is 0 Å². The Labute approximate surface area is 435 Å². The Morgan fingerprint density at radius 2 is 0.887 bits per heavy atom. The second kappa shape index (κ2) is 55.0. The number of carbonyl (C=O) groups excluding carboxylic acids is 4. The average molecular weight is 1020 g/mol. The Morgan fingerprint density at radius 3 is 1.20 bits per heavy atom. The Morgan fingerprint density at radius 1 is 0.465 bits per heavy atom. The number of nitrogens with one attached hydrogen (secondary N) is 7. The zero-order valence-electron chi connectivity index (χ0n) is 49.3. The molecule has 9 N–H and O–H groups in total. The molecule has 0 heterocycles. The summed E-state index contributed by atoms with van der Waals surface area (Å²) in [6, 6.07) is 0.637. The van der Waals surface area contributed by atoms with Gasteiger partial charge in [-0.05, 0) is 86.2 Å². The third-order valence-corrected chi connectivity index (χ3v) is 9.96. The van der Waals surface area contributed by atoms with Crippen LogP contribution in [-0.2, 0) is 38.2 Å². The molecule has 0 fully saturated rings. The highest BCUT2D eigenvalue weighted by Gasteiger charge is 2.23. The van der Waals surface area contributed by atoms with Crippen molar-refractivity contribution in [3.8, 4) is 0 Å². The minimum atomic E-state index is -0.859. The molecule has 0 aromatic heterocycles. The van der Waals surface area contributed by atoms with Crippen molar-refractivity contribution in [2.24, 2.45) is 35.5 Å². The summed E-state index contributed by atoms with van der Waals surface area (Å²) in [6.07, 6.45) is 4.47. The molecule has 0 aliphatic rings. The van der Waals surface area contributed by atoms with Crippen LogP contribution in [0.5, 0.6) is 0 Å². The fourth-order valence-electron chi connectivity index (χ4n) is 5.76. The van der Waals surface area contributed by atoms with E-state index in [1.165, 1.54) is 12.8 Å². The van der Waals surface area contributed by atoms with E-state index in [1.54, 1.807) is 0 Å². The van der Waals surface area contributed by atoms with Crippen LogP contribution in [0.4, 0.5) is 0 Å². The summed E-state index contributed by atoms with van der Waals surface area (Å²) in [4.78, 5) is 66.7. The molecule has 3 atom stereocenters. The van der Waals surface area contributed by atoms with Gasteiger partial charge in [0.15, 0.2) is 11.6 Å². The Bertz CT molecular complexity index is 1250. The summed E-state index contributed by atoms with van der Waals surface area (Å²) in [5.74, 6) is -0.575. The molecule has 17 heteroatoms. The van der Waals surface area contributed by atoms with Crippen molar-refractivity contribution in [2.45, 2.75) is 193 Å². The molecule has 0 aromatic rings. The van der Waals surface area contributed by atoms with Gasteiger partial charge in [0.25, 0.3) is 0 Å². The highest BCUT2D eigenvalue weighted by atomic mass is 16.5. The number of Topliss-reactive ketones (excluding diaryl/α,β-unsaturated/α-hetero) is 4. The maximum absolute atomic E-state index is 11.7. The molecule has 0 saturated heterocycles. The molecular weight excluding hydrogens is 907 g/mol. The lowest BCUT2D eigenvalue weighted by atomic mass is 9.90. The Balaban J connectivity index is -0.000000181. The number of ketones is 4. The zero-order chi connectivity index (χ0) is 56.5. The lowest BCUT2D eigenvalue weighted by Crippen LogP contribution is -2.43. The average Bonchev–Trinajstić information content (AvgIpc) is 3.27. The van der Waals surface area contributed by atoms with Crippen LogP contribution in [0.15, 0.2) is 0 Å². The molecule has 0 saturated carbocycles. The summed E-state index contributed by atoms with van der Waals surface area (Å²) in [7, 11) is 7.79. The number of unbranched alkanes of at least 4 members (excludes halogenated alkanes) is 1. The van der Waals surface area contributed by atoms with E-state index in [1.807, 2.05) is 146 Å². The second-order valence-corrected chi connectivity index (χ2v) is 20.3. The van der Waals surface area contributed by atoms with E-state index in [9.17, 15) is 28.8 Å². The maximum atomic E-state index is 11.7. The molecule has 0 rings (SSSR count). The van der Waals surface area contributed by atoms with Gasteiger partial charge in [-0.3, -0.25) is 28.8 Å². The van der Waals surface area contributed by atoms with Crippen molar-refractivity contribution < 1.29 is 48.5 Å². The fraction of sp³-hybridized carbons (Fsp3) is 0.889. The Kier molecular flexibility index (Phi) is 61.7. The summed E-state index contributed by atoms with van der Waals surface area (Å²) in [6.45, 7) is 40.5. The molecule has 426 valence electrons. The summed E-state index contributed by atoms with van der Waals surface area (Å²) in [5, 5.41) is 39.1. The first-order valence-electron chi connectivity index (χ1n) is 26.6. The number of carboxylic acids is 2. The van der Waals surface area contributed by atoms with Crippen molar-refractivity contribution in [3.05, 3.63) is 0 Å². The number of rotatable bonds is 36. The number of hydrogen-bond acceptors (Lipinski definition) is 15. The van der Waals surface area contributed by atoms with E-state index in [4.69, 9.17) is 19.7 Å². The van der Waals surface area contributed by atoms with Crippen molar-refractivity contribution in [2.75, 3.05) is 87.3 Å². The molecule has 0 spiro atoms. The highest BCUT2D eigenvalue weighted by Crippen LogP contribution is 2.19. The van der Waals surface area contributed by atoms with Gasteiger partial charge in [-0.25, -0.2) is 0 Å². The van der Waals surface area contributed by atoms with Crippen molar-refractivity contribution in [1.82, 2.24) is 37.2 Å². The van der Waals surface area contributed by atoms with E-state index < -0.39 is 11.9 Å². The lowest BCUT2D eigenvalue weighted by molar-refractivity contribution is -0.143. The van der Waals surface area contributed by atoms with E-state index >= 15 is 0 Å². The quantitative estimate of drug-likeness (QED) is 0.0298. The monoisotopic (exact) mass is 1020 g/mol. The molecule has 0 aliphatic heterocycles. The van der Waals surface area contributed by atoms with Crippen LogP contribution in [0.3, 0.4) is 0 Å². The molecule has 71 heavy (non-hydrogen) atoms. The predicted molar refractivity (Wildman–Crippen MR) is 296 cm³/mol. The van der Waals surface area contributed by atoms with Crippen LogP contribution in [-0.4, -0.2) is 163 Å². The number of aliphatic carboxylic acids is 2. The van der Waals surface area contributed by atoms with Gasteiger partial charge < -0.3 is 56.9 Å². The molecular formula is C54H115N7O10. The van der Waals surface area contributed by atoms with Gasteiger partial charge in [0.2, 0.25) is 0 Å². The largest absolute Gasteiger partial charge is 0.481 e. The summed E-state index contributed by atoms with van der Waals surface area (Å²) < 4.78 is 10.5. The molecule has 0 radical (unpaired) electrons. The smallest absolute Gasteiger partial charge is 0.306 e. The van der Waals surface area contributed by atoms with Gasteiger partial charge in [0.1, 0.15) is 11.6 Å². The van der Waals surface area contributed by atoms with E-state index in [0.717, 1.165) is 39.4 Å². The number of carbonyl (C=O) groups is 6. The van der Waals surface area contributed by atoms with Crippen molar-refractivity contribution >= 4 is 35.1 Å². The molecule has 0 aromatic carbocycles. The molecule has 0 bridgehead atoms. The number of ether oxygens (including phenoxy) is 2. The molecule has 17 nitrogen and oxygen atoms in total. The minimum absolute atomic E-state index is 0.00463. The first-order chi connectivity index (χ1) is 33.0. The summed E-state index contributed by atoms with van der Waals surface area (Å²) >= 11 is 0. The fourth-order valence-corrected chi connectivity index (χ4v) is 5.76. The third-order valence-electron chi connectivity index (χ3n) is 9.96. The predicted octanol–water partition coefficient (Wildman–Crippen LogP) is 6.65. The van der Waals surface area contributed by atoms with Crippen LogP contribution in [0.2, 0.25) is 0 Å². The van der Waals surface area contributed by atoms with Gasteiger partial charge in [-0.2, -0.15) is 0 Å². The maximum Gasteiger partial charge on any atom is 0.306 e. The molecule has 0 unspecified atom stereocenters. The van der Waals surface area contributed by atoms with Gasteiger partial charge in [0, 0.05) is 67.7 Å². The van der Waals surface area contributed by atoms with Crippen LogP contribution >= 0.6 is 0 Å². The minimum Gasteiger partial charge on any atom is -0.481 e. The first-order valence-corrected chi connectivity index (χ1v) is 26.6. The van der Waals surface area contributed by atoms with Gasteiger partial charge >= 0.3 is 11.9 Å². The zero-order valence-corrected chi connectivity index (χ0v) is 49.3. The van der Waals surface area contributed by atoms with Gasteiger partial charge in [-0.15, -0.1) is 0 Å².